The molecule has 7 atom stereocenters. The van der Waals surface area contributed by atoms with Crippen molar-refractivity contribution in [2.24, 2.45) is 22.7 Å². The van der Waals surface area contributed by atoms with Crippen LogP contribution in [0.15, 0.2) is 0 Å². The summed E-state index contributed by atoms with van der Waals surface area (Å²) in [6, 6.07) is 0.427. The molecule has 3 saturated heterocycles. The molecule has 2 aliphatic carbocycles. The average molecular weight is 364 g/mol. The lowest BCUT2D eigenvalue weighted by Gasteiger charge is -2.41. The SMILES string of the molecule is C[C@H]1NCC(C)(C)[C@@H]1C(=O)O[C@@H]1CC[C@@H](OC(=O)[C@@H]2C3C[C@]2(C)CN3)C1. The van der Waals surface area contributed by atoms with E-state index in [9.17, 15) is 9.59 Å². The standard InChI is InChI=1S/C20H32N2O4/c1-11-15(19(2,3)9-21-11)17(23)25-12-5-6-13(7-12)26-18(24)16-14-8-20(16,4)10-22-14/h11-16,21-22H,5-10H2,1-4H3/t11-,12-,13-,14?,15+,16+,20-/m1/s1. The fourth-order valence-corrected chi connectivity index (χ4v) is 5.70. The normalized spacial score (nSPS) is 46.0. The van der Waals surface area contributed by atoms with E-state index in [1.807, 2.05) is 6.92 Å². The Morgan fingerprint density at radius 3 is 2.00 bits per heavy atom. The fourth-order valence-electron chi connectivity index (χ4n) is 5.70. The Hall–Kier alpha value is -1.14. The number of nitrogens with one attached hydrogen (secondary N) is 2. The Morgan fingerprint density at radius 2 is 1.54 bits per heavy atom. The van der Waals surface area contributed by atoms with Gasteiger partial charge in [-0.1, -0.05) is 20.8 Å². The molecule has 6 nitrogen and oxygen atoms in total. The topological polar surface area (TPSA) is 76.7 Å². The third-order valence-corrected chi connectivity index (χ3v) is 7.24. The largest absolute Gasteiger partial charge is 0.462 e. The summed E-state index contributed by atoms with van der Waals surface area (Å²) >= 11 is 0. The molecule has 2 N–H and O–H groups in total. The molecule has 0 radical (unpaired) electrons. The summed E-state index contributed by atoms with van der Waals surface area (Å²) in [6.45, 7) is 10.2. The van der Waals surface area contributed by atoms with E-state index in [0.29, 0.717) is 12.5 Å². The second kappa shape index (κ2) is 6.20. The zero-order valence-corrected chi connectivity index (χ0v) is 16.3. The minimum Gasteiger partial charge on any atom is -0.462 e. The molecule has 0 amide bonds. The highest BCUT2D eigenvalue weighted by Crippen LogP contribution is 2.52. The molecule has 1 unspecified atom stereocenters. The first-order valence-corrected chi connectivity index (χ1v) is 10.1. The molecule has 3 heterocycles. The zero-order valence-electron chi connectivity index (χ0n) is 16.3. The van der Waals surface area contributed by atoms with Crippen LogP contribution < -0.4 is 10.6 Å². The molecule has 5 rings (SSSR count). The summed E-state index contributed by atoms with van der Waals surface area (Å²) in [7, 11) is 0. The van der Waals surface area contributed by atoms with E-state index in [4.69, 9.17) is 9.47 Å². The number of fused-ring (bicyclic) bond motifs is 1. The van der Waals surface area contributed by atoms with Gasteiger partial charge in [-0.15, -0.1) is 0 Å². The Bertz CT molecular complexity index is 603. The van der Waals surface area contributed by atoms with Crippen molar-refractivity contribution in [2.45, 2.75) is 77.7 Å². The van der Waals surface area contributed by atoms with E-state index in [-0.39, 0.29) is 52.9 Å². The minimum atomic E-state index is -0.129. The summed E-state index contributed by atoms with van der Waals surface area (Å²) in [6.07, 6.45) is 3.02. The van der Waals surface area contributed by atoms with Gasteiger partial charge in [-0.05, 0) is 37.0 Å². The van der Waals surface area contributed by atoms with Crippen LogP contribution >= 0.6 is 0 Å². The van der Waals surface area contributed by atoms with Gasteiger partial charge in [0.05, 0.1) is 11.8 Å². The fraction of sp³-hybridized carbons (Fsp3) is 0.900. The van der Waals surface area contributed by atoms with E-state index >= 15 is 0 Å². The predicted octanol–water partition coefficient (Wildman–Crippen LogP) is 1.63. The Balaban J connectivity index is 1.28. The molecule has 0 aromatic rings. The predicted molar refractivity (Wildman–Crippen MR) is 96.4 cm³/mol. The smallest absolute Gasteiger partial charge is 0.311 e. The summed E-state index contributed by atoms with van der Waals surface area (Å²) in [5.41, 5.74) is -0.0175. The van der Waals surface area contributed by atoms with Gasteiger partial charge in [-0.2, -0.15) is 0 Å². The maximum atomic E-state index is 12.7. The van der Waals surface area contributed by atoms with Gasteiger partial charge in [0.2, 0.25) is 0 Å². The summed E-state index contributed by atoms with van der Waals surface area (Å²) in [5, 5.41) is 6.76. The molecular weight excluding hydrogens is 332 g/mol. The highest BCUT2D eigenvalue weighted by atomic mass is 16.6. The molecule has 2 saturated carbocycles. The zero-order chi connectivity index (χ0) is 18.7. The second-order valence-electron chi connectivity index (χ2n) is 9.89. The van der Waals surface area contributed by atoms with E-state index in [0.717, 1.165) is 32.4 Å². The van der Waals surface area contributed by atoms with Crippen LogP contribution in [0.25, 0.3) is 0 Å². The first-order valence-electron chi connectivity index (χ1n) is 10.1. The number of hydrogen-bond acceptors (Lipinski definition) is 6. The van der Waals surface area contributed by atoms with Gasteiger partial charge in [0.15, 0.2) is 0 Å². The summed E-state index contributed by atoms with van der Waals surface area (Å²) < 4.78 is 11.6. The van der Waals surface area contributed by atoms with Crippen LogP contribution in [0.2, 0.25) is 0 Å². The Morgan fingerprint density at radius 1 is 0.923 bits per heavy atom. The molecular formula is C20H32N2O4. The molecule has 3 aliphatic heterocycles. The first-order chi connectivity index (χ1) is 12.2. The van der Waals surface area contributed by atoms with Crippen LogP contribution in [0.3, 0.4) is 0 Å². The van der Waals surface area contributed by atoms with Crippen molar-refractivity contribution in [3.63, 3.8) is 0 Å². The summed E-state index contributed by atoms with van der Waals surface area (Å²) in [4.78, 5) is 25.2. The van der Waals surface area contributed by atoms with E-state index in [2.05, 4.69) is 31.4 Å². The van der Waals surface area contributed by atoms with Gasteiger partial charge < -0.3 is 20.1 Å². The number of carbonyl (C=O) groups excluding carboxylic acids is 2. The van der Waals surface area contributed by atoms with Gasteiger partial charge in [-0.25, -0.2) is 0 Å². The van der Waals surface area contributed by atoms with Crippen LogP contribution in [-0.2, 0) is 19.1 Å². The molecule has 0 spiro atoms. The number of rotatable bonds is 4. The van der Waals surface area contributed by atoms with E-state index in [1.165, 1.54) is 0 Å². The van der Waals surface area contributed by atoms with Crippen LogP contribution in [0, 0.1) is 22.7 Å². The van der Waals surface area contributed by atoms with Crippen LogP contribution in [0.4, 0.5) is 0 Å². The Labute approximate surface area is 155 Å². The van der Waals surface area contributed by atoms with Crippen LogP contribution in [0.5, 0.6) is 0 Å². The van der Waals surface area contributed by atoms with Crippen molar-refractivity contribution in [2.75, 3.05) is 13.1 Å². The highest BCUT2D eigenvalue weighted by molar-refractivity contribution is 5.77. The lowest BCUT2D eigenvalue weighted by Crippen LogP contribution is -2.50. The Kier molecular flexibility index (Phi) is 4.35. The number of hydrogen-bond donors (Lipinski definition) is 2. The molecule has 0 aromatic carbocycles. The van der Waals surface area contributed by atoms with E-state index in [1.54, 1.807) is 0 Å². The number of ether oxygens (including phenoxy) is 2. The summed E-state index contributed by atoms with van der Waals surface area (Å²) in [5.74, 6) is -0.310. The van der Waals surface area contributed by atoms with Gasteiger partial charge in [0.1, 0.15) is 12.2 Å². The average Bonchev–Trinajstić information content (AvgIpc) is 3.24. The van der Waals surface area contributed by atoms with Crippen molar-refractivity contribution >= 4 is 11.9 Å². The number of esters is 2. The van der Waals surface area contributed by atoms with Crippen LogP contribution in [-0.4, -0.2) is 49.3 Å². The van der Waals surface area contributed by atoms with E-state index < -0.39 is 0 Å². The maximum Gasteiger partial charge on any atom is 0.311 e. The minimum absolute atomic E-state index is 0.00434. The van der Waals surface area contributed by atoms with Crippen molar-refractivity contribution < 1.29 is 19.1 Å². The lowest BCUT2D eigenvalue weighted by atomic mass is 9.62. The highest BCUT2D eigenvalue weighted by Gasteiger charge is 2.60. The molecule has 146 valence electrons. The van der Waals surface area contributed by atoms with Gasteiger partial charge >= 0.3 is 11.9 Å². The molecule has 5 aliphatic rings. The van der Waals surface area contributed by atoms with Gasteiger partial charge in [0.25, 0.3) is 0 Å². The number of carbonyl (C=O) groups is 2. The van der Waals surface area contributed by atoms with Crippen LogP contribution in [0.1, 0.15) is 53.4 Å². The third kappa shape index (κ3) is 2.95. The molecule has 26 heavy (non-hydrogen) atoms. The van der Waals surface area contributed by atoms with Gasteiger partial charge in [-0.3, -0.25) is 9.59 Å². The first kappa shape index (κ1) is 18.2. The monoisotopic (exact) mass is 364 g/mol. The molecule has 2 bridgehead atoms. The van der Waals surface area contributed by atoms with Crippen molar-refractivity contribution in [1.82, 2.24) is 10.6 Å². The third-order valence-electron chi connectivity index (χ3n) is 7.24. The molecule has 6 heteroatoms. The second-order valence-corrected chi connectivity index (χ2v) is 9.89. The van der Waals surface area contributed by atoms with Crippen molar-refractivity contribution in [3.8, 4) is 0 Å². The molecule has 5 fully saturated rings. The maximum absolute atomic E-state index is 12.7. The quantitative estimate of drug-likeness (QED) is 0.739. The molecule has 0 aromatic heterocycles. The van der Waals surface area contributed by atoms with Crippen molar-refractivity contribution in [3.05, 3.63) is 0 Å². The lowest BCUT2D eigenvalue weighted by molar-refractivity contribution is -0.164. The van der Waals surface area contributed by atoms with Gasteiger partial charge in [0, 0.05) is 31.6 Å². The van der Waals surface area contributed by atoms with Crippen molar-refractivity contribution in [1.29, 1.82) is 0 Å².